The molecular formula is C67H77BN2O. The number of fused-ring (bicyclic) bond motifs is 11. The van der Waals surface area contributed by atoms with E-state index in [0.29, 0.717) is 5.92 Å². The van der Waals surface area contributed by atoms with Crippen molar-refractivity contribution in [1.82, 2.24) is 0 Å². The van der Waals surface area contributed by atoms with E-state index in [9.17, 15) is 0 Å². The van der Waals surface area contributed by atoms with Crippen molar-refractivity contribution in [3.05, 3.63) is 135 Å². The van der Waals surface area contributed by atoms with Crippen molar-refractivity contribution in [1.29, 1.82) is 0 Å². The monoisotopic (exact) mass is 937 g/mol. The number of para-hydroxylation sites is 1. The quantitative estimate of drug-likeness (QED) is 0.165. The first kappa shape index (κ1) is 45.6. The van der Waals surface area contributed by atoms with Crippen molar-refractivity contribution in [2.75, 3.05) is 9.80 Å². The van der Waals surface area contributed by atoms with Gasteiger partial charge in [-0.3, -0.25) is 0 Å². The van der Waals surface area contributed by atoms with Crippen LogP contribution in [0.2, 0.25) is 0 Å². The van der Waals surface area contributed by atoms with Crippen molar-refractivity contribution >= 4 is 79.2 Å². The van der Waals surface area contributed by atoms with Crippen molar-refractivity contribution in [2.45, 2.75) is 200 Å². The van der Waals surface area contributed by atoms with Crippen LogP contribution in [0.25, 0.3) is 21.9 Å². The molecule has 0 amide bonds. The lowest BCUT2D eigenvalue weighted by atomic mass is 9.33. The lowest BCUT2D eigenvalue weighted by Gasteiger charge is -2.47. The van der Waals surface area contributed by atoms with E-state index in [1.54, 1.807) is 0 Å². The molecule has 4 aliphatic carbocycles. The molecule has 0 saturated heterocycles. The van der Waals surface area contributed by atoms with Crippen LogP contribution in [-0.2, 0) is 32.5 Å². The Labute approximate surface area is 425 Å². The van der Waals surface area contributed by atoms with Crippen molar-refractivity contribution in [3.8, 4) is 0 Å². The Morgan fingerprint density at radius 1 is 0.451 bits per heavy atom. The maximum absolute atomic E-state index is 7.60. The summed E-state index contributed by atoms with van der Waals surface area (Å²) in [5, 5.41) is 2.48. The maximum atomic E-state index is 7.60. The van der Waals surface area contributed by atoms with Crippen LogP contribution in [0.3, 0.4) is 0 Å². The van der Waals surface area contributed by atoms with E-state index in [4.69, 9.17) is 4.42 Å². The number of anilines is 6. The topological polar surface area (TPSA) is 19.6 Å². The van der Waals surface area contributed by atoms with Gasteiger partial charge in [0.15, 0.2) is 0 Å². The Bertz CT molecular complexity index is 3440. The van der Waals surface area contributed by atoms with Crippen LogP contribution >= 0.6 is 0 Å². The normalized spacial score (nSPS) is 21.6. The molecule has 3 nitrogen and oxygen atoms in total. The third kappa shape index (κ3) is 6.46. The second kappa shape index (κ2) is 14.7. The fourth-order valence-corrected chi connectivity index (χ4v) is 15.8. The zero-order chi connectivity index (χ0) is 49.7. The van der Waals surface area contributed by atoms with Gasteiger partial charge >= 0.3 is 0 Å². The molecule has 2 aliphatic heterocycles. The molecule has 7 aromatic rings. The fourth-order valence-electron chi connectivity index (χ4n) is 15.8. The van der Waals surface area contributed by atoms with Crippen LogP contribution in [0.4, 0.5) is 34.1 Å². The van der Waals surface area contributed by atoms with Crippen LogP contribution < -0.4 is 26.2 Å². The minimum absolute atomic E-state index is 0.0265. The number of benzene rings is 6. The van der Waals surface area contributed by atoms with E-state index in [2.05, 4.69) is 192 Å². The lowest BCUT2D eigenvalue weighted by Crippen LogP contribution is -2.62. The van der Waals surface area contributed by atoms with Crippen molar-refractivity contribution < 1.29 is 4.42 Å². The molecule has 0 atom stereocenters. The van der Waals surface area contributed by atoms with Crippen LogP contribution in [0.15, 0.2) is 89.3 Å². The molecule has 0 spiro atoms. The molecule has 0 N–H and O–H groups in total. The summed E-state index contributed by atoms with van der Waals surface area (Å²) in [4.78, 5) is 5.47. The van der Waals surface area contributed by atoms with Crippen LogP contribution in [0, 0.1) is 13.8 Å². The van der Waals surface area contributed by atoms with E-state index in [1.807, 2.05) is 0 Å². The minimum atomic E-state index is -0.0492. The van der Waals surface area contributed by atoms with Gasteiger partial charge in [0, 0.05) is 44.9 Å². The molecule has 71 heavy (non-hydrogen) atoms. The van der Waals surface area contributed by atoms with Gasteiger partial charge in [0.1, 0.15) is 11.2 Å². The number of nitrogens with zero attached hydrogens (tertiary/aromatic N) is 2. The summed E-state index contributed by atoms with van der Waals surface area (Å²) in [7, 11) is 0. The second-order valence-corrected chi connectivity index (χ2v) is 27.7. The molecule has 1 saturated carbocycles. The summed E-state index contributed by atoms with van der Waals surface area (Å²) in [6.45, 7) is 34.4. The van der Waals surface area contributed by atoms with Crippen LogP contribution in [-0.4, -0.2) is 6.71 Å². The molecule has 1 aromatic heterocycles. The average Bonchev–Trinajstić information content (AvgIpc) is 3.78. The smallest absolute Gasteiger partial charge is 0.257 e. The summed E-state index contributed by atoms with van der Waals surface area (Å²) in [5.74, 6) is 0.522. The molecule has 13 rings (SSSR count). The number of furan rings is 1. The molecule has 0 radical (unpaired) electrons. The fraction of sp³-hybridized carbons (Fsp3) is 0.463. The zero-order valence-electron chi connectivity index (χ0n) is 45.6. The number of hydrogen-bond acceptors (Lipinski definition) is 3. The Balaban J connectivity index is 1.19. The van der Waals surface area contributed by atoms with Gasteiger partial charge in [-0.2, -0.15) is 0 Å². The molecule has 6 aromatic carbocycles. The summed E-state index contributed by atoms with van der Waals surface area (Å²) < 4.78 is 7.60. The number of aryl methyl sites for hydroxylation is 2. The largest absolute Gasteiger partial charge is 0.457 e. The Morgan fingerprint density at radius 2 is 0.986 bits per heavy atom. The second-order valence-electron chi connectivity index (χ2n) is 27.7. The van der Waals surface area contributed by atoms with Gasteiger partial charge in [0.25, 0.3) is 6.71 Å². The summed E-state index contributed by atoms with van der Waals surface area (Å²) in [6.07, 6.45) is 12.3. The van der Waals surface area contributed by atoms with Gasteiger partial charge in [-0.05, 0) is 218 Å². The molecule has 4 heteroatoms. The highest BCUT2D eigenvalue weighted by molar-refractivity contribution is 7.01. The standard InChI is InChI=1S/C67H77BN2O/c1-39-20-18-19-23-52(39)69-53-25-24-43-44-33-46-50(65(9,10)29-27-63(46,5)6)37-58(44)71-61(43)60(53)68-51-34-47-49(67(13,14)38-66(47,11)12)36-55(51)70(57-32-42(31-56(69)59(57)68)41-21-16-15-17-22-41)54-35-48-45(30-40(54)2)62(3,4)26-28-64(48,7)8/h18-20,23-25,30-37,41H,15-17,21-22,26-29,38H2,1-14H3. The zero-order valence-corrected chi connectivity index (χ0v) is 45.6. The van der Waals surface area contributed by atoms with Gasteiger partial charge in [0.2, 0.25) is 0 Å². The first-order valence-electron chi connectivity index (χ1n) is 27.7. The highest BCUT2D eigenvalue weighted by atomic mass is 16.3. The molecule has 0 unspecified atom stereocenters. The molecule has 3 heterocycles. The van der Waals surface area contributed by atoms with E-state index >= 15 is 0 Å². The van der Waals surface area contributed by atoms with E-state index in [0.717, 1.165) is 17.6 Å². The maximum Gasteiger partial charge on any atom is 0.257 e. The first-order chi connectivity index (χ1) is 33.5. The van der Waals surface area contributed by atoms with Gasteiger partial charge in [-0.1, -0.05) is 133 Å². The molecular weight excluding hydrogens is 860 g/mol. The summed E-state index contributed by atoms with van der Waals surface area (Å²) >= 11 is 0. The lowest BCUT2D eigenvalue weighted by molar-refractivity contribution is 0.332. The number of hydrogen-bond donors (Lipinski definition) is 0. The molecule has 0 bridgehead atoms. The van der Waals surface area contributed by atoms with Gasteiger partial charge in [-0.25, -0.2) is 0 Å². The SMILES string of the molecule is Cc1cc2c(cc1N1c3cc4c(cc3B3c5c1cc(C1CCCCC1)cc5N(c1ccccc1C)c1ccc5c(oc6cc7c(cc65)C(C)(C)CCC7(C)C)c13)C(C)(C)CC4(C)C)C(C)(C)CCC2(C)C. The first-order valence-corrected chi connectivity index (χ1v) is 27.7. The van der Waals surface area contributed by atoms with Crippen molar-refractivity contribution in [2.24, 2.45) is 0 Å². The molecule has 1 fully saturated rings. The predicted molar refractivity (Wildman–Crippen MR) is 304 cm³/mol. The predicted octanol–water partition coefficient (Wildman–Crippen LogP) is 17.0. The van der Waals surface area contributed by atoms with Gasteiger partial charge < -0.3 is 14.2 Å². The van der Waals surface area contributed by atoms with E-state index in [-0.39, 0.29) is 39.2 Å². The van der Waals surface area contributed by atoms with Crippen LogP contribution in [0.1, 0.15) is 203 Å². The minimum Gasteiger partial charge on any atom is -0.457 e. The number of rotatable bonds is 3. The highest BCUT2D eigenvalue weighted by Gasteiger charge is 2.50. The molecule has 6 aliphatic rings. The Morgan fingerprint density at radius 3 is 1.62 bits per heavy atom. The average molecular weight is 937 g/mol. The van der Waals surface area contributed by atoms with Gasteiger partial charge in [0.05, 0.1) is 0 Å². The van der Waals surface area contributed by atoms with Crippen molar-refractivity contribution in [3.63, 3.8) is 0 Å². The Hall–Kier alpha value is -5.22. The van der Waals surface area contributed by atoms with Crippen LogP contribution in [0.5, 0.6) is 0 Å². The van der Waals surface area contributed by atoms with E-state index < -0.39 is 0 Å². The molecule has 364 valence electrons. The summed E-state index contributed by atoms with van der Waals surface area (Å²) in [5.41, 5.74) is 27.6. The highest BCUT2D eigenvalue weighted by Crippen LogP contribution is 2.56. The van der Waals surface area contributed by atoms with E-state index in [1.165, 1.54) is 169 Å². The Kier molecular flexibility index (Phi) is 9.47. The van der Waals surface area contributed by atoms with Gasteiger partial charge in [-0.15, -0.1) is 0 Å². The third-order valence-corrected chi connectivity index (χ3v) is 20.0. The summed E-state index contributed by atoms with van der Waals surface area (Å²) in [6, 6.07) is 35.0. The third-order valence-electron chi connectivity index (χ3n) is 20.0.